The Morgan fingerprint density at radius 1 is 1.13 bits per heavy atom. The number of benzene rings is 1. The van der Waals surface area contributed by atoms with Crippen LogP contribution in [0.3, 0.4) is 0 Å². The Balaban J connectivity index is 1.28. The van der Waals surface area contributed by atoms with Crippen LogP contribution >= 0.6 is 0 Å². The Labute approximate surface area is 176 Å². The molecule has 0 aliphatic carbocycles. The van der Waals surface area contributed by atoms with Crippen LogP contribution in [0.5, 0.6) is 0 Å². The number of hydrogen-bond donors (Lipinski definition) is 1. The third-order valence-electron chi connectivity index (χ3n) is 5.64. The van der Waals surface area contributed by atoms with Gasteiger partial charge in [0.2, 0.25) is 5.91 Å². The molecule has 1 spiro atoms. The van der Waals surface area contributed by atoms with Gasteiger partial charge in [-0.2, -0.15) is 0 Å². The second-order valence-corrected chi connectivity index (χ2v) is 7.94. The fourth-order valence-electron chi connectivity index (χ4n) is 4.01. The SMILES string of the molecule is O=C(NCc1cccnc1)C1=NOC2(CCCN(C(=O)CCc3ccccc3)C2)C1. The molecule has 1 unspecified atom stereocenters. The number of nitrogens with zero attached hydrogens (tertiary/aromatic N) is 3. The number of nitrogens with one attached hydrogen (secondary N) is 1. The predicted molar refractivity (Wildman–Crippen MR) is 113 cm³/mol. The molecule has 2 aliphatic rings. The van der Waals surface area contributed by atoms with Crippen molar-refractivity contribution < 1.29 is 14.4 Å². The second kappa shape index (κ2) is 9.07. The highest BCUT2D eigenvalue weighted by Gasteiger charge is 2.45. The van der Waals surface area contributed by atoms with Gasteiger partial charge in [0.1, 0.15) is 5.71 Å². The lowest BCUT2D eigenvalue weighted by Gasteiger charge is -2.38. The molecule has 1 atom stereocenters. The largest absolute Gasteiger partial charge is 0.386 e. The summed E-state index contributed by atoms with van der Waals surface area (Å²) in [5.74, 6) is -0.112. The molecule has 1 aromatic carbocycles. The van der Waals surface area contributed by atoms with Crippen LogP contribution in [0.2, 0.25) is 0 Å². The van der Waals surface area contributed by atoms with E-state index in [2.05, 4.69) is 15.5 Å². The zero-order chi connectivity index (χ0) is 20.8. The second-order valence-electron chi connectivity index (χ2n) is 7.94. The van der Waals surface area contributed by atoms with Gasteiger partial charge in [-0.25, -0.2) is 0 Å². The summed E-state index contributed by atoms with van der Waals surface area (Å²) in [5, 5.41) is 6.93. The van der Waals surface area contributed by atoms with E-state index >= 15 is 0 Å². The van der Waals surface area contributed by atoms with Crippen molar-refractivity contribution in [3.05, 3.63) is 66.0 Å². The van der Waals surface area contributed by atoms with Crippen LogP contribution in [-0.4, -0.2) is 46.1 Å². The van der Waals surface area contributed by atoms with E-state index in [1.54, 1.807) is 12.4 Å². The molecule has 1 N–H and O–H groups in total. The summed E-state index contributed by atoms with van der Waals surface area (Å²) in [6.45, 7) is 1.59. The summed E-state index contributed by atoms with van der Waals surface area (Å²) in [5.41, 5.74) is 1.89. The lowest BCUT2D eigenvalue weighted by Crippen LogP contribution is -2.51. The van der Waals surface area contributed by atoms with Crippen LogP contribution in [0.15, 0.2) is 60.0 Å². The van der Waals surface area contributed by atoms with E-state index in [4.69, 9.17) is 4.84 Å². The van der Waals surface area contributed by atoms with Gasteiger partial charge < -0.3 is 15.1 Å². The van der Waals surface area contributed by atoms with Gasteiger partial charge in [-0.05, 0) is 36.5 Å². The number of aromatic nitrogens is 1. The molecule has 1 fully saturated rings. The van der Waals surface area contributed by atoms with Gasteiger partial charge in [-0.1, -0.05) is 41.6 Å². The first-order chi connectivity index (χ1) is 14.6. The predicted octanol–water partition coefficient (Wildman–Crippen LogP) is 2.47. The summed E-state index contributed by atoms with van der Waals surface area (Å²) < 4.78 is 0. The first-order valence-electron chi connectivity index (χ1n) is 10.4. The Morgan fingerprint density at radius 2 is 1.97 bits per heavy atom. The maximum Gasteiger partial charge on any atom is 0.269 e. The number of oxime groups is 1. The molecule has 156 valence electrons. The van der Waals surface area contributed by atoms with Gasteiger partial charge in [0.25, 0.3) is 5.91 Å². The van der Waals surface area contributed by atoms with Gasteiger partial charge in [0, 0.05) is 38.3 Å². The van der Waals surface area contributed by atoms with Crippen LogP contribution in [0.4, 0.5) is 0 Å². The van der Waals surface area contributed by atoms with Crippen molar-refractivity contribution in [3.8, 4) is 0 Å². The smallest absolute Gasteiger partial charge is 0.269 e. The lowest BCUT2D eigenvalue weighted by molar-refractivity contribution is -0.140. The Hall–Kier alpha value is -3.22. The Kier molecular flexibility index (Phi) is 6.07. The van der Waals surface area contributed by atoms with E-state index < -0.39 is 5.60 Å². The number of aryl methyl sites for hydroxylation is 1. The van der Waals surface area contributed by atoms with Crippen molar-refractivity contribution in [1.82, 2.24) is 15.2 Å². The van der Waals surface area contributed by atoms with Gasteiger partial charge in [-0.3, -0.25) is 14.6 Å². The number of carbonyl (C=O) groups excluding carboxylic acids is 2. The van der Waals surface area contributed by atoms with Crippen LogP contribution in [0, 0.1) is 0 Å². The number of amides is 2. The standard InChI is InChI=1S/C23H26N4O3/c28-21(10-9-18-6-2-1-3-7-18)27-13-5-11-23(17-27)14-20(26-30-23)22(29)25-16-19-8-4-12-24-15-19/h1-4,6-8,12,15H,5,9-11,13-14,16-17H2,(H,25,29). The molecule has 0 saturated carbocycles. The van der Waals surface area contributed by atoms with E-state index in [0.29, 0.717) is 31.6 Å². The lowest BCUT2D eigenvalue weighted by atomic mass is 9.87. The van der Waals surface area contributed by atoms with Gasteiger partial charge >= 0.3 is 0 Å². The quantitative estimate of drug-likeness (QED) is 0.799. The molecule has 2 aliphatic heterocycles. The molecular formula is C23H26N4O3. The number of likely N-dealkylation sites (tertiary alicyclic amines) is 1. The van der Waals surface area contributed by atoms with Crippen LogP contribution in [-0.2, 0) is 27.4 Å². The van der Waals surface area contributed by atoms with Crippen LogP contribution in [0.25, 0.3) is 0 Å². The van der Waals surface area contributed by atoms with Crippen molar-refractivity contribution in [3.63, 3.8) is 0 Å². The minimum absolute atomic E-state index is 0.121. The number of carbonyl (C=O) groups is 2. The van der Waals surface area contributed by atoms with Crippen molar-refractivity contribution in [2.45, 2.75) is 44.2 Å². The molecule has 7 nitrogen and oxygen atoms in total. The van der Waals surface area contributed by atoms with Crippen molar-refractivity contribution >= 4 is 17.5 Å². The van der Waals surface area contributed by atoms with Gasteiger partial charge in [-0.15, -0.1) is 0 Å². The van der Waals surface area contributed by atoms with E-state index in [9.17, 15) is 9.59 Å². The number of rotatable bonds is 6. The highest BCUT2D eigenvalue weighted by Crippen LogP contribution is 2.33. The highest BCUT2D eigenvalue weighted by atomic mass is 16.7. The zero-order valence-electron chi connectivity index (χ0n) is 16.9. The summed E-state index contributed by atoms with van der Waals surface area (Å²) in [4.78, 5) is 36.9. The first-order valence-corrected chi connectivity index (χ1v) is 10.4. The minimum atomic E-state index is -0.582. The normalized spacial score (nSPS) is 20.5. The summed E-state index contributed by atoms with van der Waals surface area (Å²) >= 11 is 0. The Bertz CT molecular complexity index is 917. The third-order valence-corrected chi connectivity index (χ3v) is 5.64. The van der Waals surface area contributed by atoms with E-state index in [1.165, 1.54) is 0 Å². The molecule has 4 rings (SSSR count). The van der Waals surface area contributed by atoms with Crippen molar-refractivity contribution in [1.29, 1.82) is 0 Å². The van der Waals surface area contributed by atoms with Gasteiger partial charge in [0.05, 0.1) is 6.54 Å². The molecule has 3 heterocycles. The van der Waals surface area contributed by atoms with E-state index in [0.717, 1.165) is 36.9 Å². The number of piperidine rings is 1. The summed E-state index contributed by atoms with van der Waals surface area (Å²) in [6.07, 6.45) is 6.67. The Morgan fingerprint density at radius 3 is 2.77 bits per heavy atom. The molecule has 2 aromatic rings. The van der Waals surface area contributed by atoms with Gasteiger partial charge in [0.15, 0.2) is 5.60 Å². The summed E-state index contributed by atoms with van der Waals surface area (Å²) in [7, 11) is 0. The molecule has 0 bridgehead atoms. The minimum Gasteiger partial charge on any atom is -0.386 e. The van der Waals surface area contributed by atoms with Crippen LogP contribution < -0.4 is 5.32 Å². The maximum atomic E-state index is 12.7. The monoisotopic (exact) mass is 406 g/mol. The molecular weight excluding hydrogens is 380 g/mol. The average molecular weight is 406 g/mol. The molecule has 1 aromatic heterocycles. The van der Waals surface area contributed by atoms with Crippen molar-refractivity contribution in [2.24, 2.45) is 5.16 Å². The molecule has 0 radical (unpaired) electrons. The zero-order valence-corrected chi connectivity index (χ0v) is 16.9. The molecule has 2 amide bonds. The van der Waals surface area contributed by atoms with Crippen LogP contribution in [0.1, 0.15) is 36.8 Å². The molecule has 1 saturated heterocycles. The number of pyridine rings is 1. The van der Waals surface area contributed by atoms with E-state index in [1.807, 2.05) is 47.4 Å². The van der Waals surface area contributed by atoms with Crippen molar-refractivity contribution in [2.75, 3.05) is 13.1 Å². The fraction of sp³-hybridized carbons (Fsp3) is 0.391. The average Bonchev–Trinajstić information content (AvgIpc) is 3.20. The first kappa shape index (κ1) is 20.1. The molecule has 30 heavy (non-hydrogen) atoms. The summed E-state index contributed by atoms with van der Waals surface area (Å²) in [6, 6.07) is 13.8. The van der Waals surface area contributed by atoms with E-state index in [-0.39, 0.29) is 11.8 Å². The highest BCUT2D eigenvalue weighted by molar-refractivity contribution is 6.39. The third kappa shape index (κ3) is 4.84. The number of hydrogen-bond acceptors (Lipinski definition) is 5. The fourth-order valence-corrected chi connectivity index (χ4v) is 4.01. The maximum absolute atomic E-state index is 12.7. The topological polar surface area (TPSA) is 83.9 Å². The molecule has 7 heteroatoms.